The van der Waals surface area contributed by atoms with E-state index in [0.29, 0.717) is 37.5 Å². The van der Waals surface area contributed by atoms with Crippen molar-refractivity contribution < 1.29 is 4.74 Å². The number of H-pyrrole nitrogens is 1. The van der Waals surface area contributed by atoms with Gasteiger partial charge >= 0.3 is 0 Å². The summed E-state index contributed by atoms with van der Waals surface area (Å²) >= 11 is 19.3. The number of rotatable bonds is 2. The zero-order valence-electron chi connectivity index (χ0n) is 13.6. The molecule has 3 aromatic rings. The maximum Gasteiger partial charge on any atom is 0.244 e. The molecule has 0 aliphatic carbocycles. The van der Waals surface area contributed by atoms with Crippen molar-refractivity contribution in [3.63, 3.8) is 0 Å². The maximum absolute atomic E-state index is 9.74. The van der Waals surface area contributed by atoms with Crippen LogP contribution in [-0.4, -0.2) is 10.2 Å². The molecule has 3 N–H and O–H groups in total. The van der Waals surface area contributed by atoms with Gasteiger partial charge in [0.1, 0.15) is 11.6 Å². The van der Waals surface area contributed by atoms with Gasteiger partial charge in [-0.15, -0.1) is 5.10 Å². The molecule has 0 spiro atoms. The third kappa shape index (κ3) is 2.83. The molecule has 0 radical (unpaired) electrons. The van der Waals surface area contributed by atoms with Crippen LogP contribution in [0.2, 0.25) is 15.1 Å². The number of nitriles is 1. The van der Waals surface area contributed by atoms with Gasteiger partial charge in [-0.3, -0.25) is 5.10 Å². The highest BCUT2D eigenvalue weighted by Crippen LogP contribution is 2.49. The fraction of sp³-hybridized carbons (Fsp3) is 0.0526. The fourth-order valence-electron chi connectivity index (χ4n) is 3.19. The second-order valence-corrected chi connectivity index (χ2v) is 7.08. The molecule has 0 bridgehead atoms. The van der Waals surface area contributed by atoms with Gasteiger partial charge in [-0.25, -0.2) is 0 Å². The maximum atomic E-state index is 9.74. The first-order valence-electron chi connectivity index (χ1n) is 7.87. The number of hydrogen-bond acceptors (Lipinski definition) is 4. The highest BCUT2D eigenvalue weighted by molar-refractivity contribution is 6.36. The standard InChI is InChI=1S/C19H11Cl3N4O/c20-11-5-2-1-4-9(11)17-16-14(15-12(21)6-3-7-13(15)22)10(8-23)18(24)27-19(16)26-25-17/h1-7,14H,24H2,(H,25,26). The minimum absolute atomic E-state index is 0.0387. The molecular weight excluding hydrogens is 407 g/mol. The van der Waals surface area contributed by atoms with Crippen LogP contribution in [0.1, 0.15) is 17.0 Å². The number of nitrogens with zero attached hydrogens (tertiary/aromatic N) is 2. The number of fused-ring (bicyclic) bond motifs is 1. The topological polar surface area (TPSA) is 87.7 Å². The summed E-state index contributed by atoms with van der Waals surface area (Å²) in [7, 11) is 0. The average Bonchev–Trinajstić information content (AvgIpc) is 3.05. The van der Waals surface area contributed by atoms with E-state index in [1.54, 1.807) is 24.3 Å². The van der Waals surface area contributed by atoms with Gasteiger partial charge in [-0.1, -0.05) is 59.1 Å². The number of benzene rings is 2. The summed E-state index contributed by atoms with van der Waals surface area (Å²) in [6, 6.07) is 14.6. The van der Waals surface area contributed by atoms with Gasteiger partial charge in [-0.05, 0) is 18.2 Å². The van der Waals surface area contributed by atoms with Gasteiger partial charge < -0.3 is 10.5 Å². The van der Waals surface area contributed by atoms with Crippen molar-refractivity contribution in [3.8, 4) is 23.2 Å². The minimum Gasteiger partial charge on any atom is -0.420 e. The van der Waals surface area contributed by atoms with Crippen LogP contribution in [0.25, 0.3) is 11.3 Å². The predicted octanol–water partition coefficient (Wildman–Crippen LogP) is 5.26. The lowest BCUT2D eigenvalue weighted by Gasteiger charge is -2.25. The van der Waals surface area contributed by atoms with E-state index in [2.05, 4.69) is 16.3 Å². The Morgan fingerprint density at radius 2 is 1.67 bits per heavy atom. The van der Waals surface area contributed by atoms with Crippen molar-refractivity contribution in [2.24, 2.45) is 5.73 Å². The molecule has 1 aliphatic rings. The number of allylic oxidation sites excluding steroid dienone is 1. The average molecular weight is 418 g/mol. The number of hydrogen-bond donors (Lipinski definition) is 2. The third-order valence-corrected chi connectivity index (χ3v) is 5.36. The Balaban J connectivity index is 2.04. The van der Waals surface area contributed by atoms with Crippen LogP contribution in [0.5, 0.6) is 5.88 Å². The van der Waals surface area contributed by atoms with Crippen molar-refractivity contribution in [2.45, 2.75) is 5.92 Å². The Hall–Kier alpha value is -2.65. The molecule has 0 saturated carbocycles. The van der Waals surface area contributed by atoms with Crippen molar-refractivity contribution in [1.82, 2.24) is 10.2 Å². The van der Waals surface area contributed by atoms with Crippen molar-refractivity contribution in [2.75, 3.05) is 0 Å². The van der Waals surface area contributed by atoms with E-state index in [0.717, 1.165) is 0 Å². The van der Waals surface area contributed by atoms with Gasteiger partial charge in [-0.2, -0.15) is 5.26 Å². The minimum atomic E-state index is -0.648. The predicted molar refractivity (Wildman–Crippen MR) is 105 cm³/mol. The molecule has 8 heteroatoms. The molecule has 0 saturated heterocycles. The molecule has 1 aliphatic heterocycles. The van der Waals surface area contributed by atoms with Gasteiger partial charge in [0, 0.05) is 26.2 Å². The summed E-state index contributed by atoms with van der Waals surface area (Å²) in [6.07, 6.45) is 0. The summed E-state index contributed by atoms with van der Waals surface area (Å²) in [5.41, 5.74) is 8.65. The van der Waals surface area contributed by atoms with Crippen LogP contribution in [0.15, 0.2) is 53.9 Å². The number of nitrogens with one attached hydrogen (secondary N) is 1. The Kier molecular flexibility index (Phi) is 4.48. The molecule has 1 aromatic heterocycles. The highest BCUT2D eigenvalue weighted by Gasteiger charge is 2.38. The van der Waals surface area contributed by atoms with Crippen LogP contribution in [0.4, 0.5) is 0 Å². The first-order valence-corrected chi connectivity index (χ1v) is 9.01. The largest absolute Gasteiger partial charge is 0.420 e. The molecule has 2 aromatic carbocycles. The Labute approximate surface area is 169 Å². The van der Waals surface area contributed by atoms with Crippen molar-refractivity contribution in [1.29, 1.82) is 5.26 Å². The molecule has 0 fully saturated rings. The van der Waals surface area contributed by atoms with E-state index in [1.165, 1.54) is 0 Å². The van der Waals surface area contributed by atoms with Crippen LogP contribution >= 0.6 is 34.8 Å². The van der Waals surface area contributed by atoms with E-state index in [-0.39, 0.29) is 17.3 Å². The first-order chi connectivity index (χ1) is 13.0. The lowest BCUT2D eigenvalue weighted by atomic mass is 9.83. The molecule has 27 heavy (non-hydrogen) atoms. The van der Waals surface area contributed by atoms with Crippen LogP contribution in [-0.2, 0) is 0 Å². The fourth-order valence-corrected chi connectivity index (χ4v) is 4.04. The zero-order valence-corrected chi connectivity index (χ0v) is 15.9. The highest BCUT2D eigenvalue weighted by atomic mass is 35.5. The van der Waals surface area contributed by atoms with E-state index in [1.807, 2.05) is 18.2 Å². The summed E-state index contributed by atoms with van der Waals surface area (Å²) in [4.78, 5) is 0. The summed E-state index contributed by atoms with van der Waals surface area (Å²) < 4.78 is 5.57. The summed E-state index contributed by atoms with van der Waals surface area (Å²) in [6.45, 7) is 0. The number of nitrogens with two attached hydrogens (primary N) is 1. The second-order valence-electron chi connectivity index (χ2n) is 5.86. The number of halogens is 3. The Bertz CT molecular complexity index is 1110. The number of ether oxygens (including phenoxy) is 1. The second kappa shape index (κ2) is 6.82. The molecule has 0 amide bonds. The molecule has 2 heterocycles. The van der Waals surface area contributed by atoms with Crippen LogP contribution < -0.4 is 10.5 Å². The van der Waals surface area contributed by atoms with Crippen LogP contribution in [0.3, 0.4) is 0 Å². The molecular formula is C19H11Cl3N4O. The molecule has 134 valence electrons. The van der Waals surface area contributed by atoms with Gasteiger partial charge in [0.05, 0.1) is 17.2 Å². The lowest BCUT2D eigenvalue weighted by molar-refractivity contribution is 0.379. The Morgan fingerprint density at radius 1 is 1.00 bits per heavy atom. The molecule has 1 unspecified atom stereocenters. The van der Waals surface area contributed by atoms with E-state index in [4.69, 9.17) is 45.3 Å². The molecule has 5 nitrogen and oxygen atoms in total. The van der Waals surface area contributed by atoms with Gasteiger partial charge in [0.25, 0.3) is 0 Å². The Morgan fingerprint density at radius 3 is 2.33 bits per heavy atom. The SMILES string of the molecule is N#CC1=C(N)Oc2n[nH]c(-c3ccccc3Cl)c2C1c1c(Cl)cccc1Cl. The summed E-state index contributed by atoms with van der Waals surface area (Å²) in [5, 5.41) is 18.2. The number of aromatic amines is 1. The van der Waals surface area contributed by atoms with E-state index in [9.17, 15) is 5.26 Å². The third-order valence-electron chi connectivity index (χ3n) is 4.37. The smallest absolute Gasteiger partial charge is 0.244 e. The molecule has 4 rings (SSSR count). The van der Waals surface area contributed by atoms with Gasteiger partial charge in [0.15, 0.2) is 0 Å². The lowest BCUT2D eigenvalue weighted by Crippen LogP contribution is -2.21. The van der Waals surface area contributed by atoms with Gasteiger partial charge in [0.2, 0.25) is 11.8 Å². The molecule has 1 atom stereocenters. The first kappa shape index (κ1) is 17.7. The van der Waals surface area contributed by atoms with Crippen molar-refractivity contribution >= 4 is 34.8 Å². The normalized spacial score (nSPS) is 15.9. The van der Waals surface area contributed by atoms with Crippen molar-refractivity contribution in [3.05, 3.63) is 80.1 Å². The monoisotopic (exact) mass is 416 g/mol. The zero-order chi connectivity index (χ0) is 19.1. The van der Waals surface area contributed by atoms with E-state index >= 15 is 0 Å². The van der Waals surface area contributed by atoms with Crippen LogP contribution in [0, 0.1) is 11.3 Å². The van der Waals surface area contributed by atoms with E-state index < -0.39 is 5.92 Å². The number of aromatic nitrogens is 2. The summed E-state index contributed by atoms with van der Waals surface area (Å²) in [5.74, 6) is -0.435. The quantitative estimate of drug-likeness (QED) is 0.595.